The van der Waals surface area contributed by atoms with E-state index in [1.807, 2.05) is 25.1 Å². The van der Waals surface area contributed by atoms with E-state index in [1.165, 1.54) is 6.08 Å². The molecule has 0 atom stereocenters. The average Bonchev–Trinajstić information content (AvgIpc) is 2.60. The van der Waals surface area contributed by atoms with Crippen LogP contribution >= 0.6 is 0 Å². The van der Waals surface area contributed by atoms with Crippen LogP contribution < -0.4 is 14.8 Å². The van der Waals surface area contributed by atoms with E-state index in [1.54, 1.807) is 13.2 Å². The highest BCUT2D eigenvalue weighted by atomic mass is 16.5. The fourth-order valence-corrected chi connectivity index (χ4v) is 2.03. The lowest BCUT2D eigenvalue weighted by Crippen LogP contribution is -2.23. The molecule has 0 saturated heterocycles. The number of hydrogen-bond donors (Lipinski definition) is 1. The van der Waals surface area contributed by atoms with E-state index in [2.05, 4.69) is 12.2 Å². The summed E-state index contributed by atoms with van der Waals surface area (Å²) in [4.78, 5) is 11.8. The third-order valence-corrected chi connectivity index (χ3v) is 3.32. The predicted octanol–water partition coefficient (Wildman–Crippen LogP) is 3.43. The molecule has 0 aliphatic heterocycles. The Morgan fingerprint density at radius 2 is 1.96 bits per heavy atom. The molecule has 1 aromatic carbocycles. The minimum Gasteiger partial charge on any atom is -0.493 e. The molecule has 0 fully saturated rings. The van der Waals surface area contributed by atoms with Crippen molar-refractivity contribution < 1.29 is 19.0 Å². The fourth-order valence-electron chi connectivity index (χ4n) is 2.03. The second-order valence-electron chi connectivity index (χ2n) is 5.29. The van der Waals surface area contributed by atoms with Crippen molar-refractivity contribution in [2.75, 3.05) is 33.5 Å². The van der Waals surface area contributed by atoms with Gasteiger partial charge in [0.2, 0.25) is 5.91 Å². The Hall–Kier alpha value is -2.01. The van der Waals surface area contributed by atoms with E-state index < -0.39 is 0 Å². The molecular weight excluding hydrogens is 306 g/mol. The Balaban J connectivity index is 2.35. The van der Waals surface area contributed by atoms with Crippen LogP contribution in [0.2, 0.25) is 0 Å². The van der Waals surface area contributed by atoms with Gasteiger partial charge in [0.1, 0.15) is 0 Å². The molecule has 0 heterocycles. The number of carbonyl (C=O) groups excluding carboxylic acids is 1. The number of carbonyl (C=O) groups is 1. The molecule has 0 bridgehead atoms. The highest BCUT2D eigenvalue weighted by molar-refractivity contribution is 5.91. The number of ether oxygens (including phenoxy) is 3. The van der Waals surface area contributed by atoms with Crippen LogP contribution in [-0.2, 0) is 9.53 Å². The summed E-state index contributed by atoms with van der Waals surface area (Å²) in [6, 6.07) is 5.57. The van der Waals surface area contributed by atoms with Crippen LogP contribution in [0.1, 0.15) is 38.7 Å². The second-order valence-corrected chi connectivity index (χ2v) is 5.29. The molecule has 0 radical (unpaired) electrons. The van der Waals surface area contributed by atoms with E-state index in [9.17, 15) is 4.79 Å². The highest BCUT2D eigenvalue weighted by Gasteiger charge is 2.04. The van der Waals surface area contributed by atoms with Gasteiger partial charge in [-0.15, -0.1) is 0 Å². The Morgan fingerprint density at radius 1 is 1.17 bits per heavy atom. The van der Waals surface area contributed by atoms with E-state index in [0.717, 1.165) is 31.4 Å². The lowest BCUT2D eigenvalue weighted by atomic mass is 10.2. The summed E-state index contributed by atoms with van der Waals surface area (Å²) in [6.07, 6.45) is 6.32. The summed E-state index contributed by atoms with van der Waals surface area (Å²) >= 11 is 0. The minimum absolute atomic E-state index is 0.114. The molecule has 0 aromatic heterocycles. The Kier molecular flexibility index (Phi) is 10.4. The maximum Gasteiger partial charge on any atom is 0.244 e. The monoisotopic (exact) mass is 335 g/mol. The molecule has 24 heavy (non-hydrogen) atoms. The predicted molar refractivity (Wildman–Crippen MR) is 96.6 cm³/mol. The fraction of sp³-hybridized carbons (Fsp3) is 0.526. The molecule has 5 nitrogen and oxygen atoms in total. The largest absolute Gasteiger partial charge is 0.493 e. The summed E-state index contributed by atoms with van der Waals surface area (Å²) < 4.78 is 16.2. The van der Waals surface area contributed by atoms with Crippen LogP contribution in [0.15, 0.2) is 24.3 Å². The van der Waals surface area contributed by atoms with Crippen molar-refractivity contribution in [3.8, 4) is 11.5 Å². The van der Waals surface area contributed by atoms with Gasteiger partial charge in [-0.3, -0.25) is 4.79 Å². The van der Waals surface area contributed by atoms with Gasteiger partial charge in [-0.1, -0.05) is 19.4 Å². The van der Waals surface area contributed by atoms with Crippen LogP contribution in [0.3, 0.4) is 0 Å². The van der Waals surface area contributed by atoms with Crippen molar-refractivity contribution in [2.24, 2.45) is 0 Å². The SMILES string of the molecule is CCCCOCCCNC(=O)/C=C/c1ccc(OCC)c(OC)c1. The third kappa shape index (κ3) is 8.02. The lowest BCUT2D eigenvalue weighted by Gasteiger charge is -2.09. The van der Waals surface area contributed by atoms with Gasteiger partial charge in [0, 0.05) is 25.8 Å². The highest BCUT2D eigenvalue weighted by Crippen LogP contribution is 2.28. The summed E-state index contributed by atoms with van der Waals surface area (Å²) in [5.41, 5.74) is 0.883. The van der Waals surface area contributed by atoms with Gasteiger partial charge in [0.25, 0.3) is 0 Å². The van der Waals surface area contributed by atoms with Gasteiger partial charge in [-0.25, -0.2) is 0 Å². The summed E-state index contributed by atoms with van der Waals surface area (Å²) in [6.45, 7) is 6.73. The van der Waals surface area contributed by atoms with Crippen LogP contribution in [0, 0.1) is 0 Å². The molecule has 1 amide bonds. The summed E-state index contributed by atoms with van der Waals surface area (Å²) in [5, 5.41) is 2.84. The first kappa shape index (κ1) is 20.0. The van der Waals surface area contributed by atoms with E-state index >= 15 is 0 Å². The van der Waals surface area contributed by atoms with Gasteiger partial charge in [-0.2, -0.15) is 0 Å². The number of nitrogens with one attached hydrogen (secondary N) is 1. The smallest absolute Gasteiger partial charge is 0.244 e. The average molecular weight is 335 g/mol. The summed E-state index contributed by atoms with van der Waals surface area (Å²) in [5.74, 6) is 1.24. The van der Waals surface area contributed by atoms with Gasteiger partial charge in [0.15, 0.2) is 11.5 Å². The van der Waals surface area contributed by atoms with Crippen LogP contribution in [0.4, 0.5) is 0 Å². The van der Waals surface area contributed by atoms with E-state index in [-0.39, 0.29) is 5.91 Å². The van der Waals surface area contributed by atoms with Crippen molar-refractivity contribution in [3.05, 3.63) is 29.8 Å². The molecular formula is C19H29NO4. The second kappa shape index (κ2) is 12.4. The topological polar surface area (TPSA) is 56.8 Å². The maximum atomic E-state index is 11.8. The zero-order valence-electron chi connectivity index (χ0n) is 15.0. The van der Waals surface area contributed by atoms with Crippen LogP contribution in [0.25, 0.3) is 6.08 Å². The van der Waals surface area contributed by atoms with Crippen molar-refractivity contribution in [1.82, 2.24) is 5.32 Å². The number of rotatable bonds is 12. The Morgan fingerprint density at radius 3 is 2.67 bits per heavy atom. The molecule has 0 aliphatic carbocycles. The van der Waals surface area contributed by atoms with Gasteiger partial charge in [-0.05, 0) is 43.5 Å². The molecule has 0 aliphatic rings. The first-order valence-corrected chi connectivity index (χ1v) is 8.55. The minimum atomic E-state index is -0.114. The number of unbranched alkanes of at least 4 members (excludes halogenated alkanes) is 1. The molecule has 0 unspecified atom stereocenters. The van der Waals surface area contributed by atoms with Crippen molar-refractivity contribution in [3.63, 3.8) is 0 Å². The Labute approximate surface area is 145 Å². The van der Waals surface area contributed by atoms with E-state index in [4.69, 9.17) is 14.2 Å². The van der Waals surface area contributed by atoms with Crippen molar-refractivity contribution in [1.29, 1.82) is 0 Å². The molecule has 5 heteroatoms. The Bertz CT molecular complexity index is 514. The van der Waals surface area contributed by atoms with Crippen molar-refractivity contribution in [2.45, 2.75) is 33.1 Å². The molecule has 0 spiro atoms. The standard InChI is InChI=1S/C19H29NO4/c1-4-6-13-23-14-7-12-20-19(21)11-9-16-8-10-17(24-5-2)18(15-16)22-3/h8-11,15H,4-7,12-14H2,1-3H3,(H,20,21)/b11-9+. The summed E-state index contributed by atoms with van der Waals surface area (Å²) in [7, 11) is 1.60. The zero-order valence-corrected chi connectivity index (χ0v) is 15.0. The quantitative estimate of drug-likeness (QED) is 0.470. The molecule has 1 aromatic rings. The first-order valence-electron chi connectivity index (χ1n) is 8.55. The zero-order chi connectivity index (χ0) is 17.6. The van der Waals surface area contributed by atoms with Crippen molar-refractivity contribution >= 4 is 12.0 Å². The molecule has 1 rings (SSSR count). The third-order valence-electron chi connectivity index (χ3n) is 3.32. The number of hydrogen-bond acceptors (Lipinski definition) is 4. The molecule has 0 saturated carbocycles. The van der Waals surface area contributed by atoms with Gasteiger partial charge >= 0.3 is 0 Å². The number of amides is 1. The van der Waals surface area contributed by atoms with E-state index in [0.29, 0.717) is 31.3 Å². The van der Waals surface area contributed by atoms with Crippen LogP contribution in [-0.4, -0.2) is 39.4 Å². The number of benzene rings is 1. The maximum absolute atomic E-state index is 11.8. The van der Waals surface area contributed by atoms with Gasteiger partial charge < -0.3 is 19.5 Å². The number of methoxy groups -OCH3 is 1. The van der Waals surface area contributed by atoms with Crippen LogP contribution in [0.5, 0.6) is 11.5 Å². The first-order chi connectivity index (χ1) is 11.7. The van der Waals surface area contributed by atoms with Gasteiger partial charge in [0.05, 0.1) is 13.7 Å². The lowest BCUT2D eigenvalue weighted by molar-refractivity contribution is -0.116. The molecule has 1 N–H and O–H groups in total. The molecule has 134 valence electrons. The normalized spacial score (nSPS) is 10.8.